The number of aromatic nitrogens is 1. The topological polar surface area (TPSA) is 74.4 Å². The minimum Gasteiger partial charge on any atom is -0.397 e. The van der Waals surface area contributed by atoms with Crippen LogP contribution in [0.3, 0.4) is 0 Å². The van der Waals surface area contributed by atoms with E-state index in [2.05, 4.69) is 29.0 Å². The molecule has 1 saturated heterocycles. The van der Waals surface area contributed by atoms with Crippen LogP contribution >= 0.6 is 0 Å². The maximum absolute atomic E-state index is 10.1. The molecule has 0 aliphatic carbocycles. The van der Waals surface area contributed by atoms with Gasteiger partial charge in [0.05, 0.1) is 23.3 Å². The molecule has 20 heavy (non-hydrogen) atoms. The first-order valence-corrected chi connectivity index (χ1v) is 7.30. The highest BCUT2D eigenvalue weighted by Crippen LogP contribution is 2.28. The van der Waals surface area contributed by atoms with Crippen LogP contribution in [-0.2, 0) is 0 Å². The lowest BCUT2D eigenvalue weighted by atomic mass is 10.0. The second-order valence-corrected chi connectivity index (χ2v) is 6.25. The van der Waals surface area contributed by atoms with Gasteiger partial charge in [0.2, 0.25) is 0 Å². The van der Waals surface area contributed by atoms with Gasteiger partial charge in [-0.25, -0.2) is 0 Å². The van der Waals surface area contributed by atoms with Crippen LogP contribution in [0.1, 0.15) is 38.8 Å². The maximum Gasteiger partial charge on any atom is 0.125 e. The molecule has 0 aromatic carbocycles. The highest BCUT2D eigenvalue weighted by Gasteiger charge is 2.31. The van der Waals surface area contributed by atoms with Gasteiger partial charge < -0.3 is 16.2 Å². The van der Waals surface area contributed by atoms with Gasteiger partial charge in [-0.15, -0.1) is 0 Å². The van der Waals surface area contributed by atoms with Crippen LogP contribution in [0.15, 0.2) is 12.3 Å². The number of nitrogen functional groups attached to an aromatic ring is 1. The Morgan fingerprint density at radius 2 is 2.30 bits per heavy atom. The van der Waals surface area contributed by atoms with E-state index in [1.54, 1.807) is 6.20 Å². The summed E-state index contributed by atoms with van der Waals surface area (Å²) < 4.78 is 0. The van der Waals surface area contributed by atoms with Gasteiger partial charge in [-0.3, -0.25) is 9.88 Å². The second-order valence-electron chi connectivity index (χ2n) is 6.25. The average molecular weight is 278 g/mol. The number of hydrogen-bond acceptors (Lipinski definition) is 5. The third-order valence-electron chi connectivity index (χ3n) is 4.20. The minimum absolute atomic E-state index is 0.259. The van der Waals surface area contributed by atoms with Gasteiger partial charge in [-0.2, -0.15) is 0 Å². The summed E-state index contributed by atoms with van der Waals surface area (Å²) in [7, 11) is 0. The summed E-state index contributed by atoms with van der Waals surface area (Å²) in [5, 5.41) is 13.1. The minimum atomic E-state index is -0.574. The molecule has 0 spiro atoms. The van der Waals surface area contributed by atoms with Crippen molar-refractivity contribution in [3.63, 3.8) is 0 Å². The molecule has 0 bridgehead atoms. The molecule has 1 atom stereocenters. The lowest BCUT2D eigenvalue weighted by Crippen LogP contribution is -2.40. The van der Waals surface area contributed by atoms with E-state index in [1.165, 1.54) is 12.8 Å². The van der Waals surface area contributed by atoms with Crippen LogP contribution in [0.25, 0.3) is 0 Å². The van der Waals surface area contributed by atoms with Crippen molar-refractivity contribution < 1.29 is 5.11 Å². The Labute approximate surface area is 121 Å². The maximum atomic E-state index is 10.1. The zero-order chi connectivity index (χ0) is 14.8. The van der Waals surface area contributed by atoms with Crippen LogP contribution in [0.2, 0.25) is 0 Å². The van der Waals surface area contributed by atoms with Crippen LogP contribution < -0.4 is 11.1 Å². The van der Waals surface area contributed by atoms with E-state index >= 15 is 0 Å². The summed E-state index contributed by atoms with van der Waals surface area (Å²) >= 11 is 0. The molecule has 1 unspecified atom stereocenters. The van der Waals surface area contributed by atoms with Gasteiger partial charge in [0.25, 0.3) is 0 Å². The van der Waals surface area contributed by atoms with E-state index in [9.17, 15) is 5.11 Å². The van der Waals surface area contributed by atoms with Crippen molar-refractivity contribution in [3.8, 4) is 0 Å². The average Bonchev–Trinajstić information content (AvgIpc) is 2.70. The Morgan fingerprint density at radius 3 is 2.90 bits per heavy atom. The Balaban J connectivity index is 1.83. The normalized spacial score (nSPS) is 20.0. The van der Waals surface area contributed by atoms with Crippen LogP contribution in [0, 0.1) is 6.92 Å². The van der Waals surface area contributed by atoms with Crippen LogP contribution in [0.5, 0.6) is 0 Å². The molecule has 2 heterocycles. The van der Waals surface area contributed by atoms with E-state index in [4.69, 9.17) is 5.73 Å². The smallest absolute Gasteiger partial charge is 0.125 e. The number of hydrogen-bond donors (Lipinski definition) is 3. The number of nitrogens with two attached hydrogens (primary N) is 1. The summed E-state index contributed by atoms with van der Waals surface area (Å²) in [5.41, 5.74) is 8.29. The van der Waals surface area contributed by atoms with Gasteiger partial charge in [-0.05, 0) is 46.2 Å². The van der Waals surface area contributed by atoms with E-state index in [0.29, 0.717) is 12.1 Å². The third kappa shape index (κ3) is 3.61. The Morgan fingerprint density at radius 1 is 1.55 bits per heavy atom. The number of aryl methyl sites for hydroxylation is 1. The van der Waals surface area contributed by atoms with Crippen molar-refractivity contribution in [2.24, 2.45) is 0 Å². The summed E-state index contributed by atoms with van der Waals surface area (Å²) in [6.07, 6.45) is 4.30. The van der Waals surface area contributed by atoms with E-state index in [-0.39, 0.29) is 5.54 Å². The second kappa shape index (κ2) is 5.97. The Kier molecular flexibility index (Phi) is 4.50. The first-order valence-electron chi connectivity index (χ1n) is 7.30. The van der Waals surface area contributed by atoms with Crippen molar-refractivity contribution in [1.82, 2.24) is 9.88 Å². The first-order chi connectivity index (χ1) is 9.38. The number of rotatable bonds is 5. The van der Waals surface area contributed by atoms with E-state index < -0.39 is 6.23 Å². The zero-order valence-electron chi connectivity index (χ0n) is 12.7. The van der Waals surface area contributed by atoms with Crippen molar-refractivity contribution in [3.05, 3.63) is 18.0 Å². The molecule has 2 rings (SSSR count). The highest BCUT2D eigenvalue weighted by atomic mass is 16.3. The fraction of sp³-hybridized carbons (Fsp3) is 0.667. The van der Waals surface area contributed by atoms with Crippen LogP contribution in [0.4, 0.5) is 11.4 Å². The predicted octanol–water partition coefficient (Wildman–Crippen LogP) is 1.97. The zero-order valence-corrected chi connectivity index (χ0v) is 12.7. The number of likely N-dealkylation sites (tertiary alicyclic amines) is 1. The molecule has 5 nitrogen and oxygen atoms in total. The molecular weight excluding hydrogens is 252 g/mol. The largest absolute Gasteiger partial charge is 0.397 e. The highest BCUT2D eigenvalue weighted by molar-refractivity contribution is 5.54. The predicted molar refractivity (Wildman–Crippen MR) is 82.5 cm³/mol. The van der Waals surface area contributed by atoms with Crippen molar-refractivity contribution in [2.75, 3.05) is 24.1 Å². The Hall–Kier alpha value is -1.33. The molecule has 5 heteroatoms. The molecule has 0 radical (unpaired) electrons. The lowest BCUT2D eigenvalue weighted by molar-refractivity contribution is 0.128. The molecule has 112 valence electrons. The number of pyridine rings is 1. The van der Waals surface area contributed by atoms with Gasteiger partial charge >= 0.3 is 0 Å². The summed E-state index contributed by atoms with van der Waals surface area (Å²) in [6, 6.07) is 1.81. The van der Waals surface area contributed by atoms with E-state index in [1.807, 2.05) is 13.0 Å². The first kappa shape index (κ1) is 15.1. The molecular formula is C15H26N4O. The monoisotopic (exact) mass is 278 g/mol. The summed E-state index contributed by atoms with van der Waals surface area (Å²) in [4.78, 5) is 6.63. The van der Waals surface area contributed by atoms with Gasteiger partial charge in [0, 0.05) is 18.5 Å². The lowest BCUT2D eigenvalue weighted by Gasteiger charge is -2.32. The summed E-state index contributed by atoms with van der Waals surface area (Å²) in [5.74, 6) is 0. The number of nitrogens with zero attached hydrogens (tertiary/aromatic N) is 2. The Bertz CT molecular complexity index is 461. The molecule has 0 saturated carbocycles. The van der Waals surface area contributed by atoms with Gasteiger partial charge in [0.15, 0.2) is 0 Å². The van der Waals surface area contributed by atoms with Crippen LogP contribution in [-0.4, -0.2) is 39.8 Å². The molecule has 1 aliphatic rings. The van der Waals surface area contributed by atoms with Crippen molar-refractivity contribution in [2.45, 2.75) is 51.8 Å². The quantitative estimate of drug-likeness (QED) is 0.718. The SMILES string of the molecule is Cc1ncc(NC(O)CCN2CCCC2(C)C)cc1N. The van der Waals surface area contributed by atoms with Gasteiger partial charge in [-0.1, -0.05) is 0 Å². The number of aliphatic hydroxyl groups excluding tert-OH is 1. The van der Waals surface area contributed by atoms with E-state index in [0.717, 1.165) is 24.5 Å². The molecule has 4 N–H and O–H groups in total. The molecule has 1 aromatic heterocycles. The standard InChI is InChI=1S/C15H26N4O/c1-11-13(16)9-12(10-17-11)18-14(20)5-8-19-7-4-6-15(19,2)3/h9-10,14,18,20H,4-8,16H2,1-3H3. The third-order valence-corrected chi connectivity index (χ3v) is 4.20. The fourth-order valence-electron chi connectivity index (χ4n) is 2.75. The molecule has 1 aliphatic heterocycles. The molecule has 1 fully saturated rings. The number of anilines is 2. The molecule has 0 amide bonds. The summed E-state index contributed by atoms with van der Waals surface area (Å²) in [6.45, 7) is 8.43. The van der Waals surface area contributed by atoms with Gasteiger partial charge in [0.1, 0.15) is 6.23 Å². The molecule has 1 aromatic rings. The number of aliphatic hydroxyl groups is 1. The fourth-order valence-corrected chi connectivity index (χ4v) is 2.75. The van der Waals surface area contributed by atoms with Crippen molar-refractivity contribution >= 4 is 11.4 Å². The van der Waals surface area contributed by atoms with Crippen molar-refractivity contribution in [1.29, 1.82) is 0 Å². The number of nitrogens with one attached hydrogen (secondary N) is 1.